The minimum atomic E-state index is -0.280. The molecule has 3 aromatic rings. The van der Waals surface area contributed by atoms with Crippen LogP contribution in [0.4, 0.5) is 4.39 Å². The summed E-state index contributed by atoms with van der Waals surface area (Å²) in [6.07, 6.45) is 4.39. The summed E-state index contributed by atoms with van der Waals surface area (Å²) < 4.78 is 15.1. The molecule has 1 atom stereocenters. The molecule has 1 N–H and O–H groups in total. The Morgan fingerprint density at radius 2 is 1.89 bits per heavy atom. The van der Waals surface area contributed by atoms with Crippen LogP contribution in [0, 0.1) is 5.82 Å². The van der Waals surface area contributed by atoms with Crippen LogP contribution in [-0.2, 0) is 19.3 Å². The summed E-state index contributed by atoms with van der Waals surface area (Å²) in [6.45, 7) is 2.08. The van der Waals surface area contributed by atoms with Crippen LogP contribution in [0.2, 0.25) is 0 Å². The second kappa shape index (κ2) is 7.97. The molecule has 144 valence electrons. The molecule has 0 aliphatic heterocycles. The third-order valence-electron chi connectivity index (χ3n) is 5.37. The molecule has 28 heavy (non-hydrogen) atoms. The molecule has 0 spiro atoms. The van der Waals surface area contributed by atoms with Crippen molar-refractivity contribution in [1.82, 2.24) is 15.1 Å². The summed E-state index contributed by atoms with van der Waals surface area (Å²) in [5, 5.41) is 7.77. The van der Waals surface area contributed by atoms with Crippen molar-refractivity contribution in [1.29, 1.82) is 0 Å². The molecule has 1 aliphatic rings. The van der Waals surface area contributed by atoms with E-state index in [1.54, 1.807) is 16.8 Å². The maximum Gasteiger partial charge on any atom is 0.272 e. The SMILES string of the molecule is CC[C@H](Cc1ccccc1)NC(=O)c1nn(-c2ccc(F)cc2)c2c1CCC2. The van der Waals surface area contributed by atoms with Crippen LogP contribution >= 0.6 is 0 Å². The highest BCUT2D eigenvalue weighted by atomic mass is 19.1. The van der Waals surface area contributed by atoms with Gasteiger partial charge in [0.05, 0.1) is 5.69 Å². The summed E-state index contributed by atoms with van der Waals surface area (Å²) in [7, 11) is 0. The number of amides is 1. The Labute approximate surface area is 164 Å². The fourth-order valence-corrected chi connectivity index (χ4v) is 3.87. The van der Waals surface area contributed by atoms with E-state index < -0.39 is 0 Å². The molecule has 0 saturated carbocycles. The van der Waals surface area contributed by atoms with Gasteiger partial charge in [-0.3, -0.25) is 4.79 Å². The summed E-state index contributed by atoms with van der Waals surface area (Å²) in [5.41, 5.74) is 4.58. The first-order valence-corrected chi connectivity index (χ1v) is 9.87. The van der Waals surface area contributed by atoms with Gasteiger partial charge in [0.25, 0.3) is 5.91 Å². The molecule has 1 amide bonds. The van der Waals surface area contributed by atoms with Gasteiger partial charge < -0.3 is 5.32 Å². The van der Waals surface area contributed by atoms with E-state index in [-0.39, 0.29) is 17.8 Å². The van der Waals surface area contributed by atoms with E-state index in [1.165, 1.54) is 17.7 Å². The van der Waals surface area contributed by atoms with Gasteiger partial charge in [-0.25, -0.2) is 9.07 Å². The first-order valence-electron chi connectivity index (χ1n) is 9.87. The highest BCUT2D eigenvalue weighted by molar-refractivity contribution is 5.94. The second-order valence-corrected chi connectivity index (χ2v) is 7.28. The van der Waals surface area contributed by atoms with Gasteiger partial charge in [0.1, 0.15) is 5.82 Å². The van der Waals surface area contributed by atoms with Crippen LogP contribution in [0.25, 0.3) is 5.69 Å². The number of aromatic nitrogens is 2. The molecule has 0 bridgehead atoms. The standard InChI is InChI=1S/C23H24FN3O/c1-2-18(15-16-7-4-3-5-8-16)25-23(28)22-20-9-6-10-21(20)27(26-22)19-13-11-17(24)12-14-19/h3-5,7-8,11-14,18H,2,6,9-10,15H2,1H3,(H,25,28)/t18-/m1/s1. The highest BCUT2D eigenvalue weighted by Crippen LogP contribution is 2.28. The first-order chi connectivity index (χ1) is 13.7. The zero-order valence-electron chi connectivity index (χ0n) is 16.0. The largest absolute Gasteiger partial charge is 0.348 e. The Balaban J connectivity index is 1.57. The number of nitrogens with one attached hydrogen (secondary N) is 1. The Morgan fingerprint density at radius 1 is 1.14 bits per heavy atom. The van der Waals surface area contributed by atoms with E-state index in [4.69, 9.17) is 0 Å². The first kappa shape index (κ1) is 18.4. The number of nitrogens with zero attached hydrogens (tertiary/aromatic N) is 2. The van der Waals surface area contributed by atoms with Gasteiger partial charge in [-0.05, 0) is 61.9 Å². The van der Waals surface area contributed by atoms with Gasteiger partial charge >= 0.3 is 0 Å². The maximum atomic E-state index is 13.3. The minimum absolute atomic E-state index is 0.0583. The average Bonchev–Trinajstić information content (AvgIpc) is 3.32. The number of carbonyl (C=O) groups is 1. The molecule has 4 rings (SSSR count). The lowest BCUT2D eigenvalue weighted by atomic mass is 10.0. The van der Waals surface area contributed by atoms with E-state index in [1.807, 2.05) is 18.2 Å². The van der Waals surface area contributed by atoms with Crippen molar-refractivity contribution < 1.29 is 9.18 Å². The lowest BCUT2D eigenvalue weighted by Gasteiger charge is -2.16. The Bertz CT molecular complexity index is 964. The van der Waals surface area contributed by atoms with Crippen molar-refractivity contribution in [2.75, 3.05) is 0 Å². The van der Waals surface area contributed by atoms with Crippen LogP contribution < -0.4 is 5.32 Å². The minimum Gasteiger partial charge on any atom is -0.348 e. The molecule has 0 unspecified atom stereocenters. The predicted molar refractivity (Wildman–Crippen MR) is 107 cm³/mol. The quantitative estimate of drug-likeness (QED) is 0.698. The van der Waals surface area contributed by atoms with E-state index in [0.29, 0.717) is 5.69 Å². The molecular weight excluding hydrogens is 353 g/mol. The summed E-state index contributed by atoms with van der Waals surface area (Å²) >= 11 is 0. The predicted octanol–water partition coefficient (Wildman–Crippen LogP) is 4.25. The topological polar surface area (TPSA) is 46.9 Å². The highest BCUT2D eigenvalue weighted by Gasteiger charge is 2.27. The number of hydrogen-bond donors (Lipinski definition) is 1. The van der Waals surface area contributed by atoms with Gasteiger partial charge in [-0.1, -0.05) is 37.3 Å². The van der Waals surface area contributed by atoms with Gasteiger partial charge in [0, 0.05) is 17.3 Å². The zero-order chi connectivity index (χ0) is 19.5. The average molecular weight is 377 g/mol. The monoisotopic (exact) mass is 377 g/mol. The van der Waals surface area contributed by atoms with E-state index in [2.05, 4.69) is 29.5 Å². The molecule has 1 aliphatic carbocycles. The number of carbonyl (C=O) groups excluding carboxylic acids is 1. The van der Waals surface area contributed by atoms with Crippen molar-refractivity contribution in [3.8, 4) is 5.69 Å². The molecule has 4 nitrogen and oxygen atoms in total. The molecule has 1 heterocycles. The summed E-state index contributed by atoms with van der Waals surface area (Å²) in [5.74, 6) is -0.404. The van der Waals surface area contributed by atoms with E-state index in [0.717, 1.165) is 49.0 Å². The van der Waals surface area contributed by atoms with Gasteiger partial charge in [-0.15, -0.1) is 0 Å². The van der Waals surface area contributed by atoms with Crippen LogP contribution in [0.3, 0.4) is 0 Å². The third-order valence-corrected chi connectivity index (χ3v) is 5.37. The van der Waals surface area contributed by atoms with Crippen molar-refractivity contribution in [2.24, 2.45) is 0 Å². The zero-order valence-corrected chi connectivity index (χ0v) is 16.0. The molecule has 1 aromatic heterocycles. The van der Waals surface area contributed by atoms with Crippen molar-refractivity contribution in [2.45, 2.75) is 45.1 Å². The normalized spacial score (nSPS) is 13.9. The smallest absolute Gasteiger partial charge is 0.272 e. The van der Waals surface area contributed by atoms with Crippen LogP contribution in [0.1, 0.15) is 47.1 Å². The number of fused-ring (bicyclic) bond motifs is 1. The van der Waals surface area contributed by atoms with Crippen LogP contribution in [0.5, 0.6) is 0 Å². The summed E-state index contributed by atoms with van der Waals surface area (Å²) in [4.78, 5) is 13.0. The number of rotatable bonds is 6. The Morgan fingerprint density at radius 3 is 2.61 bits per heavy atom. The molecule has 0 radical (unpaired) electrons. The summed E-state index contributed by atoms with van der Waals surface area (Å²) in [6, 6.07) is 16.5. The molecule has 2 aromatic carbocycles. The second-order valence-electron chi connectivity index (χ2n) is 7.28. The fraction of sp³-hybridized carbons (Fsp3) is 0.304. The van der Waals surface area contributed by atoms with Crippen molar-refractivity contribution >= 4 is 5.91 Å². The van der Waals surface area contributed by atoms with Gasteiger partial charge in [-0.2, -0.15) is 5.10 Å². The third kappa shape index (κ3) is 3.70. The van der Waals surface area contributed by atoms with Crippen molar-refractivity contribution in [3.05, 3.63) is 82.9 Å². The number of halogens is 1. The van der Waals surface area contributed by atoms with Crippen LogP contribution in [-0.4, -0.2) is 21.7 Å². The maximum absolute atomic E-state index is 13.3. The molecule has 0 saturated heterocycles. The molecule has 0 fully saturated rings. The van der Waals surface area contributed by atoms with E-state index >= 15 is 0 Å². The lowest BCUT2D eigenvalue weighted by Crippen LogP contribution is -2.36. The Kier molecular flexibility index (Phi) is 5.24. The van der Waals surface area contributed by atoms with Crippen molar-refractivity contribution in [3.63, 3.8) is 0 Å². The van der Waals surface area contributed by atoms with Crippen LogP contribution in [0.15, 0.2) is 54.6 Å². The van der Waals surface area contributed by atoms with Gasteiger partial charge in [0.2, 0.25) is 0 Å². The lowest BCUT2D eigenvalue weighted by molar-refractivity contribution is 0.0929. The number of benzene rings is 2. The fourth-order valence-electron chi connectivity index (χ4n) is 3.87. The molecule has 5 heteroatoms. The Hall–Kier alpha value is -2.95. The van der Waals surface area contributed by atoms with E-state index in [9.17, 15) is 9.18 Å². The number of hydrogen-bond acceptors (Lipinski definition) is 2. The van der Waals surface area contributed by atoms with Gasteiger partial charge in [0.15, 0.2) is 5.69 Å². The molecular formula is C23H24FN3O.